The predicted octanol–water partition coefficient (Wildman–Crippen LogP) is 6.29. The maximum atomic E-state index is 10.6. The molecule has 2 heterocycles. The Morgan fingerprint density at radius 1 is 1.23 bits per heavy atom. The topological polar surface area (TPSA) is 67.0 Å². The molecule has 0 saturated heterocycles. The van der Waals surface area contributed by atoms with Crippen LogP contribution in [0.4, 0.5) is 0 Å². The van der Waals surface area contributed by atoms with Crippen molar-refractivity contribution in [2.24, 2.45) is 16.8 Å². The summed E-state index contributed by atoms with van der Waals surface area (Å²) in [5, 5.41) is 15.2. The Kier molecular flexibility index (Phi) is 7.24. The zero-order valence-electron chi connectivity index (χ0n) is 20.7. The Labute approximate surface area is 208 Å². The van der Waals surface area contributed by atoms with Crippen LogP contribution in [0.1, 0.15) is 62.8 Å². The molecular weight excluding hydrogens is 436 g/mol. The van der Waals surface area contributed by atoms with Gasteiger partial charge in [0.2, 0.25) is 0 Å². The molecule has 1 aromatic heterocycles. The van der Waals surface area contributed by atoms with Gasteiger partial charge in [-0.25, -0.2) is 0 Å². The van der Waals surface area contributed by atoms with Gasteiger partial charge in [-0.1, -0.05) is 63.5 Å². The molecule has 1 aromatic carbocycles. The van der Waals surface area contributed by atoms with E-state index in [1.165, 1.54) is 24.8 Å². The third kappa shape index (κ3) is 5.15. The maximum Gasteiger partial charge on any atom is 0.190 e. The average molecular weight is 473 g/mol. The van der Waals surface area contributed by atoms with E-state index in [0.717, 1.165) is 53.2 Å². The molecule has 2 N–H and O–H groups in total. The van der Waals surface area contributed by atoms with Gasteiger partial charge < -0.3 is 19.6 Å². The van der Waals surface area contributed by atoms with Crippen molar-refractivity contribution in [2.75, 3.05) is 6.61 Å². The summed E-state index contributed by atoms with van der Waals surface area (Å²) in [5.74, 6) is 2.05. The van der Waals surface area contributed by atoms with E-state index < -0.39 is 6.10 Å². The number of hydrogen-bond acceptors (Lipinski definition) is 5. The fraction of sp³-hybridized carbons (Fsp3) is 0.433. The number of furan rings is 1. The Balaban J connectivity index is 1.45. The van der Waals surface area contributed by atoms with E-state index in [-0.39, 0.29) is 12.1 Å². The quantitative estimate of drug-likeness (QED) is 0.450. The Morgan fingerprint density at radius 3 is 2.94 bits per heavy atom. The highest BCUT2D eigenvalue weighted by atomic mass is 16.5. The minimum absolute atomic E-state index is 0.167. The lowest BCUT2D eigenvalue weighted by molar-refractivity contribution is 0.114. The number of aryl methyl sites for hydroxylation is 1. The zero-order valence-corrected chi connectivity index (χ0v) is 20.7. The minimum Gasteiger partial charge on any atom is -0.479 e. The summed E-state index contributed by atoms with van der Waals surface area (Å²) in [5.41, 5.74) is 4.08. The molecule has 0 amide bonds. The van der Waals surface area contributed by atoms with Crippen LogP contribution in [0.25, 0.3) is 17.0 Å². The first-order valence-electron chi connectivity index (χ1n) is 13.1. The van der Waals surface area contributed by atoms with Gasteiger partial charge in [0, 0.05) is 28.5 Å². The second-order valence-electron chi connectivity index (χ2n) is 9.77. The first-order valence-corrected chi connectivity index (χ1v) is 13.1. The molecule has 4 unspecified atom stereocenters. The van der Waals surface area contributed by atoms with E-state index in [1.54, 1.807) is 0 Å². The van der Waals surface area contributed by atoms with Gasteiger partial charge in [0.05, 0.1) is 18.4 Å². The van der Waals surface area contributed by atoms with Crippen LogP contribution in [0, 0.1) is 11.8 Å². The van der Waals surface area contributed by atoms with Gasteiger partial charge in [-0.05, 0) is 49.5 Å². The van der Waals surface area contributed by atoms with Crippen molar-refractivity contribution in [1.29, 1.82) is 0 Å². The maximum absolute atomic E-state index is 10.6. The van der Waals surface area contributed by atoms with Gasteiger partial charge in [-0.15, -0.1) is 0 Å². The van der Waals surface area contributed by atoms with Crippen molar-refractivity contribution >= 4 is 22.8 Å². The molecule has 5 heteroatoms. The summed E-state index contributed by atoms with van der Waals surface area (Å²) in [6.45, 7) is 5.14. The normalized spacial score (nSPS) is 24.0. The smallest absolute Gasteiger partial charge is 0.190 e. The van der Waals surface area contributed by atoms with Crippen LogP contribution in [0.15, 0.2) is 69.9 Å². The van der Waals surface area contributed by atoms with Crippen LogP contribution in [0.3, 0.4) is 0 Å². The van der Waals surface area contributed by atoms with E-state index in [1.807, 2.05) is 36.4 Å². The molecular formula is C30H36N2O3. The lowest BCUT2D eigenvalue weighted by Crippen LogP contribution is -2.43. The predicted molar refractivity (Wildman–Crippen MR) is 142 cm³/mol. The van der Waals surface area contributed by atoms with Crippen molar-refractivity contribution in [3.63, 3.8) is 0 Å². The lowest BCUT2D eigenvalue weighted by atomic mass is 9.93. The van der Waals surface area contributed by atoms with Crippen molar-refractivity contribution in [1.82, 2.24) is 5.32 Å². The second kappa shape index (κ2) is 10.7. The Bertz CT molecular complexity index is 1200. The number of benzene rings is 1. The standard InChI is InChI=1S/C30H36N2O3/c1-3-5-10-20(4-2)19-34-29-18-25(31-30(32-29)23-12-6-8-13-26(23)33)21-15-16-28-24(17-21)22-11-7-9-14-27(22)35-28/h6,8-9,12-18,20,23,26,30,32-33H,3-5,7,10-11,19H2,1-2H3. The van der Waals surface area contributed by atoms with Crippen LogP contribution >= 0.6 is 0 Å². The fourth-order valence-electron chi connectivity index (χ4n) is 5.10. The number of allylic oxidation sites excluding steroid dienone is 4. The highest BCUT2D eigenvalue weighted by Crippen LogP contribution is 2.32. The third-order valence-electron chi connectivity index (χ3n) is 7.31. The van der Waals surface area contributed by atoms with Crippen LogP contribution in [-0.4, -0.2) is 29.7 Å². The number of nitrogens with one attached hydrogen (secondary N) is 1. The average Bonchev–Trinajstić information content (AvgIpc) is 3.27. The number of fused-ring (bicyclic) bond motifs is 3. The lowest BCUT2D eigenvalue weighted by Gasteiger charge is -2.31. The van der Waals surface area contributed by atoms with E-state index in [4.69, 9.17) is 14.1 Å². The molecule has 0 radical (unpaired) electrons. The number of unbranched alkanes of at least 4 members (excludes halogenated alkanes) is 1. The van der Waals surface area contributed by atoms with Crippen LogP contribution < -0.4 is 5.32 Å². The SMILES string of the molecule is CCCCC(CC)COC1=CC(c2ccc3oc4c(c3c2)CCC=C4)=NC(C2C=CC=CC2O)N1. The highest BCUT2D eigenvalue weighted by molar-refractivity contribution is 6.11. The number of hydrogen-bond donors (Lipinski definition) is 2. The monoisotopic (exact) mass is 472 g/mol. The zero-order chi connectivity index (χ0) is 24.2. The molecule has 0 fully saturated rings. The van der Waals surface area contributed by atoms with E-state index in [0.29, 0.717) is 12.5 Å². The molecule has 1 aliphatic heterocycles. The number of nitrogens with zero attached hydrogens (tertiary/aromatic N) is 1. The molecule has 0 bridgehead atoms. The van der Waals surface area contributed by atoms with E-state index in [9.17, 15) is 5.11 Å². The van der Waals surface area contributed by atoms with Crippen molar-refractivity contribution < 1.29 is 14.3 Å². The summed E-state index contributed by atoms with van der Waals surface area (Å²) >= 11 is 0. The minimum atomic E-state index is -0.593. The second-order valence-corrected chi connectivity index (χ2v) is 9.77. The first kappa shape index (κ1) is 23.7. The van der Waals surface area contributed by atoms with Gasteiger partial charge in [-0.3, -0.25) is 4.99 Å². The summed E-state index contributed by atoms with van der Waals surface area (Å²) in [4.78, 5) is 5.04. The molecule has 0 saturated carbocycles. The van der Waals surface area contributed by atoms with Crippen LogP contribution in [-0.2, 0) is 11.2 Å². The van der Waals surface area contributed by atoms with Crippen molar-refractivity contribution in [3.8, 4) is 0 Å². The van der Waals surface area contributed by atoms with E-state index in [2.05, 4.69) is 43.4 Å². The van der Waals surface area contributed by atoms with Crippen LogP contribution in [0.5, 0.6) is 0 Å². The molecule has 4 atom stereocenters. The van der Waals surface area contributed by atoms with Gasteiger partial charge >= 0.3 is 0 Å². The van der Waals surface area contributed by atoms with Crippen molar-refractivity contribution in [3.05, 3.63) is 77.4 Å². The number of aliphatic hydroxyl groups excluding tert-OH is 1. The number of aliphatic imine (C=N–C) groups is 1. The summed E-state index contributed by atoms with van der Waals surface area (Å²) < 4.78 is 12.4. The Hall–Kier alpha value is -3.05. The number of aliphatic hydroxyl groups is 1. The first-order chi connectivity index (χ1) is 17.2. The molecule has 0 spiro atoms. The van der Waals surface area contributed by atoms with Gasteiger partial charge in [0.25, 0.3) is 0 Å². The summed E-state index contributed by atoms with van der Waals surface area (Å²) in [7, 11) is 0. The summed E-state index contributed by atoms with van der Waals surface area (Å²) in [6, 6.07) is 6.30. The molecule has 2 aromatic rings. The number of rotatable bonds is 9. The van der Waals surface area contributed by atoms with Gasteiger partial charge in [0.15, 0.2) is 5.88 Å². The number of ether oxygens (including phenoxy) is 1. The summed E-state index contributed by atoms with van der Waals surface area (Å²) in [6.07, 6.45) is 19.8. The molecule has 3 aliphatic rings. The van der Waals surface area contributed by atoms with E-state index >= 15 is 0 Å². The fourth-order valence-corrected chi connectivity index (χ4v) is 5.10. The van der Waals surface area contributed by atoms with Gasteiger partial charge in [0.1, 0.15) is 17.5 Å². The van der Waals surface area contributed by atoms with Gasteiger partial charge in [-0.2, -0.15) is 0 Å². The van der Waals surface area contributed by atoms with Crippen molar-refractivity contribution in [2.45, 2.75) is 64.6 Å². The molecule has 5 rings (SSSR count). The molecule has 2 aliphatic carbocycles. The molecule has 184 valence electrons. The largest absolute Gasteiger partial charge is 0.479 e. The molecule has 5 nitrogen and oxygen atoms in total. The van der Waals surface area contributed by atoms with Crippen LogP contribution in [0.2, 0.25) is 0 Å². The molecule has 35 heavy (non-hydrogen) atoms. The highest BCUT2D eigenvalue weighted by Gasteiger charge is 2.30. The third-order valence-corrected chi connectivity index (χ3v) is 7.31. The Morgan fingerprint density at radius 2 is 2.11 bits per heavy atom.